The first-order valence-corrected chi connectivity index (χ1v) is 8.18. The number of carbonyl (C=O) groups excluding carboxylic acids is 1. The monoisotopic (exact) mass is 324 g/mol. The molecule has 0 saturated carbocycles. The van der Waals surface area contributed by atoms with Gasteiger partial charge in [0.15, 0.2) is 0 Å². The Labute approximate surface area is 139 Å². The third-order valence-corrected chi connectivity index (χ3v) is 4.50. The number of furan rings is 1. The SMILES string of the molecule is Cn1cc([C@@H]2NC(=O)CC[C@H]2NCc2cc3ccccc3o2)cn1. The second-order valence-corrected chi connectivity index (χ2v) is 6.27. The van der Waals surface area contributed by atoms with Crippen molar-refractivity contribution >= 4 is 16.9 Å². The van der Waals surface area contributed by atoms with Crippen molar-refractivity contribution in [3.63, 3.8) is 0 Å². The molecule has 1 fully saturated rings. The molecule has 124 valence electrons. The van der Waals surface area contributed by atoms with Crippen LogP contribution in [-0.4, -0.2) is 21.7 Å². The topological polar surface area (TPSA) is 72.1 Å². The van der Waals surface area contributed by atoms with Crippen molar-refractivity contribution in [2.45, 2.75) is 31.5 Å². The predicted molar refractivity (Wildman–Crippen MR) is 90.2 cm³/mol. The molecule has 6 heteroatoms. The van der Waals surface area contributed by atoms with E-state index >= 15 is 0 Å². The van der Waals surface area contributed by atoms with Gasteiger partial charge in [-0.2, -0.15) is 5.10 Å². The molecule has 0 bridgehead atoms. The Kier molecular flexibility index (Phi) is 3.82. The van der Waals surface area contributed by atoms with Crippen LogP contribution in [0.1, 0.15) is 30.2 Å². The van der Waals surface area contributed by atoms with Crippen molar-refractivity contribution in [1.82, 2.24) is 20.4 Å². The third-order valence-electron chi connectivity index (χ3n) is 4.50. The van der Waals surface area contributed by atoms with Crippen LogP contribution in [-0.2, 0) is 18.4 Å². The molecule has 0 spiro atoms. The molecule has 2 aromatic heterocycles. The van der Waals surface area contributed by atoms with Crippen molar-refractivity contribution in [1.29, 1.82) is 0 Å². The number of nitrogens with zero attached hydrogens (tertiary/aromatic N) is 2. The maximum atomic E-state index is 11.8. The molecule has 6 nitrogen and oxygen atoms in total. The van der Waals surface area contributed by atoms with Crippen molar-refractivity contribution in [3.05, 3.63) is 54.0 Å². The smallest absolute Gasteiger partial charge is 0.220 e. The number of hydrogen-bond acceptors (Lipinski definition) is 4. The molecule has 3 heterocycles. The number of rotatable bonds is 4. The van der Waals surface area contributed by atoms with Gasteiger partial charge in [0.05, 0.1) is 18.8 Å². The summed E-state index contributed by atoms with van der Waals surface area (Å²) in [5.41, 5.74) is 1.92. The van der Waals surface area contributed by atoms with Gasteiger partial charge in [-0.05, 0) is 18.6 Å². The fourth-order valence-electron chi connectivity index (χ4n) is 3.29. The van der Waals surface area contributed by atoms with Crippen LogP contribution in [0.3, 0.4) is 0 Å². The highest BCUT2D eigenvalue weighted by Gasteiger charge is 2.30. The van der Waals surface area contributed by atoms with Crippen molar-refractivity contribution < 1.29 is 9.21 Å². The van der Waals surface area contributed by atoms with E-state index in [4.69, 9.17) is 4.42 Å². The molecule has 1 aliphatic rings. The van der Waals surface area contributed by atoms with E-state index in [2.05, 4.69) is 21.8 Å². The first kappa shape index (κ1) is 15.0. The average molecular weight is 324 g/mol. The second kappa shape index (κ2) is 6.13. The number of amides is 1. The number of nitrogens with one attached hydrogen (secondary N) is 2. The number of piperidine rings is 1. The van der Waals surface area contributed by atoms with Crippen LogP contribution >= 0.6 is 0 Å². The number of hydrogen-bond donors (Lipinski definition) is 2. The van der Waals surface area contributed by atoms with Crippen LogP contribution in [0.4, 0.5) is 0 Å². The summed E-state index contributed by atoms with van der Waals surface area (Å²) in [6.45, 7) is 0.631. The van der Waals surface area contributed by atoms with Crippen LogP contribution in [0.2, 0.25) is 0 Å². The molecular weight excluding hydrogens is 304 g/mol. The van der Waals surface area contributed by atoms with Gasteiger partial charge in [0, 0.05) is 36.7 Å². The summed E-state index contributed by atoms with van der Waals surface area (Å²) in [4.78, 5) is 11.8. The molecule has 0 unspecified atom stereocenters. The highest BCUT2D eigenvalue weighted by Crippen LogP contribution is 2.25. The molecule has 2 N–H and O–H groups in total. The van der Waals surface area contributed by atoms with E-state index in [0.29, 0.717) is 13.0 Å². The normalized spacial score (nSPS) is 21.1. The van der Waals surface area contributed by atoms with E-state index in [0.717, 1.165) is 28.7 Å². The number of carbonyl (C=O) groups is 1. The molecule has 4 rings (SSSR count). The fraction of sp³-hybridized carbons (Fsp3) is 0.333. The number of aryl methyl sites for hydroxylation is 1. The lowest BCUT2D eigenvalue weighted by atomic mass is 9.93. The number of benzene rings is 1. The van der Waals surface area contributed by atoms with Gasteiger partial charge in [0.2, 0.25) is 5.91 Å². The summed E-state index contributed by atoms with van der Waals surface area (Å²) in [5, 5.41) is 11.9. The summed E-state index contributed by atoms with van der Waals surface area (Å²) in [6.07, 6.45) is 5.10. The molecule has 24 heavy (non-hydrogen) atoms. The molecule has 0 radical (unpaired) electrons. The Balaban J connectivity index is 1.49. The zero-order chi connectivity index (χ0) is 16.5. The van der Waals surface area contributed by atoms with Crippen molar-refractivity contribution in [3.8, 4) is 0 Å². The summed E-state index contributed by atoms with van der Waals surface area (Å²) in [7, 11) is 1.88. The Bertz CT molecular complexity index is 834. The van der Waals surface area contributed by atoms with Gasteiger partial charge in [0.25, 0.3) is 0 Å². The number of aromatic nitrogens is 2. The Morgan fingerprint density at radius 2 is 2.29 bits per heavy atom. The highest BCUT2D eigenvalue weighted by molar-refractivity contribution is 5.78. The van der Waals surface area contributed by atoms with Crippen LogP contribution in [0, 0.1) is 0 Å². The van der Waals surface area contributed by atoms with E-state index < -0.39 is 0 Å². The lowest BCUT2D eigenvalue weighted by Gasteiger charge is -2.32. The van der Waals surface area contributed by atoms with E-state index in [1.54, 1.807) is 4.68 Å². The van der Waals surface area contributed by atoms with Crippen LogP contribution in [0.5, 0.6) is 0 Å². The van der Waals surface area contributed by atoms with Crippen LogP contribution < -0.4 is 10.6 Å². The Morgan fingerprint density at radius 3 is 3.08 bits per heavy atom. The largest absolute Gasteiger partial charge is 0.460 e. The number of fused-ring (bicyclic) bond motifs is 1. The van der Waals surface area contributed by atoms with Gasteiger partial charge in [-0.1, -0.05) is 18.2 Å². The third kappa shape index (κ3) is 2.92. The van der Waals surface area contributed by atoms with Crippen LogP contribution in [0.25, 0.3) is 11.0 Å². The van der Waals surface area contributed by atoms with Gasteiger partial charge >= 0.3 is 0 Å². The first-order chi connectivity index (χ1) is 11.7. The minimum Gasteiger partial charge on any atom is -0.460 e. The van der Waals surface area contributed by atoms with Crippen LogP contribution in [0.15, 0.2) is 47.1 Å². The summed E-state index contributed by atoms with van der Waals surface area (Å²) < 4.78 is 7.62. The van der Waals surface area contributed by atoms with Crippen molar-refractivity contribution in [2.24, 2.45) is 7.05 Å². The molecule has 1 saturated heterocycles. The Hall–Kier alpha value is -2.60. The summed E-state index contributed by atoms with van der Waals surface area (Å²) in [5.74, 6) is 0.990. The molecule has 2 atom stereocenters. The molecule has 3 aromatic rings. The molecule has 1 aromatic carbocycles. The fourth-order valence-corrected chi connectivity index (χ4v) is 3.29. The van der Waals surface area contributed by atoms with E-state index in [1.807, 2.05) is 43.7 Å². The minimum atomic E-state index is -0.0654. The van der Waals surface area contributed by atoms with Gasteiger partial charge in [-0.15, -0.1) is 0 Å². The maximum absolute atomic E-state index is 11.8. The van der Waals surface area contributed by atoms with Gasteiger partial charge in [-0.25, -0.2) is 0 Å². The molecule has 0 aliphatic carbocycles. The van der Waals surface area contributed by atoms with E-state index in [9.17, 15) is 4.79 Å². The molecular formula is C18H20N4O2. The minimum absolute atomic E-state index is 0.0654. The molecule has 1 aliphatic heterocycles. The lowest BCUT2D eigenvalue weighted by Crippen LogP contribution is -2.48. The molecule has 1 amide bonds. The Morgan fingerprint density at radius 1 is 1.42 bits per heavy atom. The zero-order valence-corrected chi connectivity index (χ0v) is 13.5. The number of para-hydroxylation sites is 1. The van der Waals surface area contributed by atoms with Gasteiger partial charge < -0.3 is 15.1 Å². The maximum Gasteiger partial charge on any atom is 0.220 e. The highest BCUT2D eigenvalue weighted by atomic mass is 16.3. The van der Waals surface area contributed by atoms with Crippen molar-refractivity contribution in [2.75, 3.05) is 0 Å². The second-order valence-electron chi connectivity index (χ2n) is 6.27. The lowest BCUT2D eigenvalue weighted by molar-refractivity contribution is -0.123. The summed E-state index contributed by atoms with van der Waals surface area (Å²) >= 11 is 0. The van der Waals surface area contributed by atoms with Gasteiger partial charge in [0.1, 0.15) is 11.3 Å². The first-order valence-electron chi connectivity index (χ1n) is 8.18. The average Bonchev–Trinajstić information content (AvgIpc) is 3.19. The quantitative estimate of drug-likeness (QED) is 0.772. The van der Waals surface area contributed by atoms with Gasteiger partial charge in [-0.3, -0.25) is 9.48 Å². The zero-order valence-electron chi connectivity index (χ0n) is 13.5. The predicted octanol–water partition coefficient (Wildman–Crippen LogP) is 2.28. The van der Waals surface area contributed by atoms with E-state index in [-0.39, 0.29) is 18.0 Å². The summed E-state index contributed by atoms with van der Waals surface area (Å²) in [6, 6.07) is 10.1. The van der Waals surface area contributed by atoms with E-state index in [1.165, 1.54) is 0 Å². The standard InChI is InChI=1S/C18H20N4O2/c1-22-11-13(9-20-22)18-15(6-7-17(23)21-18)19-10-14-8-12-4-2-3-5-16(12)24-14/h2-5,8-9,11,15,18-19H,6-7,10H2,1H3,(H,21,23)/t15-,18+/m1/s1.